The van der Waals surface area contributed by atoms with Crippen LogP contribution in [0.2, 0.25) is 5.02 Å². The minimum atomic E-state index is -0.169. The molecule has 0 aliphatic heterocycles. The van der Waals surface area contributed by atoms with E-state index in [1.54, 1.807) is 24.3 Å². The Morgan fingerprint density at radius 2 is 2.12 bits per heavy atom. The van der Waals surface area contributed by atoms with E-state index >= 15 is 0 Å². The van der Waals surface area contributed by atoms with Crippen LogP contribution in [-0.2, 0) is 0 Å². The second-order valence-electron chi connectivity index (χ2n) is 3.57. The van der Waals surface area contributed by atoms with Gasteiger partial charge >= 0.3 is 0 Å². The topological polar surface area (TPSA) is 55.1 Å². The summed E-state index contributed by atoms with van der Waals surface area (Å²) in [4.78, 5) is 12.5. The Labute approximate surface area is 108 Å². The Kier molecular flexibility index (Phi) is 3.36. The average Bonchev–Trinajstić information content (AvgIpc) is 2.72. The number of anilines is 2. The summed E-state index contributed by atoms with van der Waals surface area (Å²) < 4.78 is 0. The number of hydrogen-bond acceptors (Lipinski definition) is 3. The van der Waals surface area contributed by atoms with Crippen molar-refractivity contribution >= 4 is 39.5 Å². The van der Waals surface area contributed by atoms with Gasteiger partial charge in [0.1, 0.15) is 0 Å². The lowest BCUT2D eigenvalue weighted by molar-refractivity contribution is 0.103. The smallest absolute Gasteiger partial charge is 0.265 e. The number of halogens is 1. The first-order valence-electron chi connectivity index (χ1n) is 4.99. The van der Waals surface area contributed by atoms with Crippen molar-refractivity contribution in [2.24, 2.45) is 0 Å². The molecule has 0 bridgehead atoms. The van der Waals surface area contributed by atoms with E-state index in [4.69, 9.17) is 17.3 Å². The van der Waals surface area contributed by atoms with E-state index in [1.165, 1.54) is 11.3 Å². The molecule has 0 unspecified atom stereocenters. The molecule has 17 heavy (non-hydrogen) atoms. The van der Waals surface area contributed by atoms with E-state index in [0.29, 0.717) is 14.9 Å². The average molecular weight is 267 g/mol. The first kappa shape index (κ1) is 12.0. The molecule has 1 aromatic heterocycles. The molecule has 2 rings (SSSR count). The summed E-state index contributed by atoms with van der Waals surface area (Å²) in [5, 5.41) is 4.07. The van der Waals surface area contributed by atoms with Crippen LogP contribution in [0.25, 0.3) is 0 Å². The molecule has 3 N–H and O–H groups in total. The lowest BCUT2D eigenvalue weighted by atomic mass is 10.2. The van der Waals surface area contributed by atoms with Crippen LogP contribution < -0.4 is 11.1 Å². The van der Waals surface area contributed by atoms with Crippen molar-refractivity contribution in [2.75, 3.05) is 11.1 Å². The molecule has 0 saturated heterocycles. The second-order valence-corrected chi connectivity index (χ2v) is 5.09. The van der Waals surface area contributed by atoms with Gasteiger partial charge in [-0.2, -0.15) is 0 Å². The predicted octanol–water partition coefficient (Wildman–Crippen LogP) is 3.54. The molecule has 0 aliphatic carbocycles. The quantitative estimate of drug-likeness (QED) is 0.873. The number of thiophene rings is 1. The van der Waals surface area contributed by atoms with Gasteiger partial charge in [-0.05, 0) is 36.8 Å². The van der Waals surface area contributed by atoms with Crippen LogP contribution in [0, 0.1) is 6.92 Å². The zero-order valence-corrected chi connectivity index (χ0v) is 10.7. The fourth-order valence-electron chi connectivity index (χ4n) is 1.40. The van der Waals surface area contributed by atoms with Crippen molar-refractivity contribution in [3.8, 4) is 0 Å². The van der Waals surface area contributed by atoms with E-state index in [0.717, 1.165) is 11.3 Å². The van der Waals surface area contributed by atoms with Crippen LogP contribution in [0.5, 0.6) is 0 Å². The Morgan fingerprint density at radius 3 is 2.76 bits per heavy atom. The van der Waals surface area contributed by atoms with Gasteiger partial charge in [-0.1, -0.05) is 17.7 Å². The molecular formula is C12H11ClN2OS. The first-order valence-corrected chi connectivity index (χ1v) is 6.19. The predicted molar refractivity (Wildman–Crippen MR) is 72.9 cm³/mol. The standard InChI is InChI=1S/C12H11ClN2OS/c1-7-8(13)3-2-4-9(7)15-12(16)10-5-6-11(14)17-10/h2-6H,14H2,1H3,(H,15,16). The number of nitrogens with one attached hydrogen (secondary N) is 1. The summed E-state index contributed by atoms with van der Waals surface area (Å²) in [5.74, 6) is -0.169. The van der Waals surface area contributed by atoms with Gasteiger partial charge in [-0.15, -0.1) is 11.3 Å². The fourth-order valence-corrected chi connectivity index (χ4v) is 2.25. The van der Waals surface area contributed by atoms with Crippen molar-refractivity contribution in [1.82, 2.24) is 0 Å². The van der Waals surface area contributed by atoms with Crippen molar-refractivity contribution in [1.29, 1.82) is 0 Å². The number of benzene rings is 1. The first-order chi connectivity index (χ1) is 8.08. The number of nitrogens with two attached hydrogens (primary N) is 1. The van der Waals surface area contributed by atoms with Crippen LogP contribution in [0.15, 0.2) is 30.3 Å². The van der Waals surface area contributed by atoms with Crippen LogP contribution in [0.1, 0.15) is 15.2 Å². The van der Waals surface area contributed by atoms with Gasteiger partial charge in [0.25, 0.3) is 5.91 Å². The molecule has 0 radical (unpaired) electrons. The van der Waals surface area contributed by atoms with Gasteiger partial charge in [0, 0.05) is 10.7 Å². The molecule has 0 saturated carbocycles. The van der Waals surface area contributed by atoms with Crippen LogP contribution in [0.4, 0.5) is 10.7 Å². The lowest BCUT2D eigenvalue weighted by Crippen LogP contribution is -2.11. The molecule has 88 valence electrons. The summed E-state index contributed by atoms with van der Waals surface area (Å²) in [6.45, 7) is 1.86. The Bertz CT molecular complexity index is 565. The third-order valence-electron chi connectivity index (χ3n) is 2.37. The highest BCUT2D eigenvalue weighted by Gasteiger charge is 2.10. The molecule has 3 nitrogen and oxygen atoms in total. The van der Waals surface area contributed by atoms with Crippen molar-refractivity contribution in [2.45, 2.75) is 6.92 Å². The number of hydrogen-bond donors (Lipinski definition) is 2. The van der Waals surface area contributed by atoms with Crippen LogP contribution in [0.3, 0.4) is 0 Å². The van der Waals surface area contributed by atoms with Gasteiger partial charge in [-0.25, -0.2) is 0 Å². The number of nitrogen functional groups attached to an aromatic ring is 1. The maximum Gasteiger partial charge on any atom is 0.265 e. The van der Waals surface area contributed by atoms with Gasteiger partial charge in [-0.3, -0.25) is 4.79 Å². The molecule has 5 heteroatoms. The molecule has 0 aliphatic rings. The molecular weight excluding hydrogens is 256 g/mol. The SMILES string of the molecule is Cc1c(Cl)cccc1NC(=O)c1ccc(N)s1. The summed E-state index contributed by atoms with van der Waals surface area (Å²) in [5.41, 5.74) is 7.15. The van der Waals surface area contributed by atoms with Gasteiger partial charge in [0.2, 0.25) is 0 Å². The highest BCUT2D eigenvalue weighted by molar-refractivity contribution is 7.17. The highest BCUT2D eigenvalue weighted by atomic mass is 35.5. The van der Waals surface area contributed by atoms with E-state index in [9.17, 15) is 4.79 Å². The lowest BCUT2D eigenvalue weighted by Gasteiger charge is -2.08. The van der Waals surface area contributed by atoms with Crippen LogP contribution in [-0.4, -0.2) is 5.91 Å². The summed E-state index contributed by atoms with van der Waals surface area (Å²) >= 11 is 7.24. The molecule has 1 heterocycles. The summed E-state index contributed by atoms with van der Waals surface area (Å²) in [6.07, 6.45) is 0. The zero-order valence-electron chi connectivity index (χ0n) is 9.16. The summed E-state index contributed by atoms with van der Waals surface area (Å²) in [6, 6.07) is 8.82. The van der Waals surface area contributed by atoms with Crippen molar-refractivity contribution < 1.29 is 4.79 Å². The highest BCUT2D eigenvalue weighted by Crippen LogP contribution is 2.25. The fraction of sp³-hybridized carbons (Fsp3) is 0.0833. The van der Waals surface area contributed by atoms with E-state index in [2.05, 4.69) is 5.32 Å². The number of rotatable bonds is 2. The third kappa shape index (κ3) is 2.60. The van der Waals surface area contributed by atoms with Crippen LogP contribution >= 0.6 is 22.9 Å². The molecule has 0 spiro atoms. The normalized spacial score (nSPS) is 10.2. The minimum absolute atomic E-state index is 0.169. The molecule has 0 atom stereocenters. The van der Waals surface area contributed by atoms with E-state index in [-0.39, 0.29) is 5.91 Å². The zero-order chi connectivity index (χ0) is 12.4. The second kappa shape index (κ2) is 4.77. The maximum absolute atomic E-state index is 11.9. The molecule has 1 aromatic carbocycles. The van der Waals surface area contributed by atoms with E-state index in [1.807, 2.05) is 13.0 Å². The third-order valence-corrected chi connectivity index (χ3v) is 3.69. The number of amides is 1. The Morgan fingerprint density at radius 1 is 1.35 bits per heavy atom. The van der Waals surface area contributed by atoms with Gasteiger partial charge in [0.15, 0.2) is 0 Å². The number of carbonyl (C=O) groups excluding carboxylic acids is 1. The Balaban J connectivity index is 2.21. The molecule has 2 aromatic rings. The molecule has 1 amide bonds. The van der Waals surface area contributed by atoms with Gasteiger partial charge < -0.3 is 11.1 Å². The Hall–Kier alpha value is -1.52. The minimum Gasteiger partial charge on any atom is -0.391 e. The van der Waals surface area contributed by atoms with Crippen molar-refractivity contribution in [3.05, 3.63) is 45.8 Å². The van der Waals surface area contributed by atoms with Crippen molar-refractivity contribution in [3.63, 3.8) is 0 Å². The molecule has 0 fully saturated rings. The summed E-state index contributed by atoms with van der Waals surface area (Å²) in [7, 11) is 0. The largest absolute Gasteiger partial charge is 0.391 e. The van der Waals surface area contributed by atoms with E-state index < -0.39 is 0 Å². The van der Waals surface area contributed by atoms with Gasteiger partial charge in [0.05, 0.1) is 9.88 Å². The monoisotopic (exact) mass is 266 g/mol. The maximum atomic E-state index is 11.9. The number of carbonyl (C=O) groups is 1.